The van der Waals surface area contributed by atoms with Crippen molar-refractivity contribution in [3.63, 3.8) is 0 Å². The van der Waals surface area contributed by atoms with E-state index >= 15 is 0 Å². The first-order valence-electron chi connectivity index (χ1n) is 5.59. The third-order valence-corrected chi connectivity index (χ3v) is 2.73. The first-order chi connectivity index (χ1) is 7.00. The highest BCUT2D eigenvalue weighted by Gasteiger charge is 2.05. The number of ketones is 1. The fraction of sp³-hybridized carbons (Fsp3) is 0.500. The maximum Gasteiger partial charge on any atom is 0.130 e. The molecular weight excluding hydrogens is 184 g/mol. The van der Waals surface area contributed by atoms with Crippen molar-refractivity contribution in [1.82, 2.24) is 0 Å². The lowest BCUT2D eigenvalue weighted by Gasteiger charge is -2.11. The Labute approximate surface area is 92.5 Å². The molecule has 0 aromatic heterocycles. The Hall–Kier alpha value is -1.11. The molecule has 1 rings (SSSR count). The van der Waals surface area contributed by atoms with Gasteiger partial charge in [0, 0.05) is 6.42 Å². The van der Waals surface area contributed by atoms with Crippen molar-refractivity contribution in [2.24, 2.45) is 0 Å². The van der Waals surface area contributed by atoms with Crippen LogP contribution in [0, 0.1) is 6.92 Å². The zero-order chi connectivity index (χ0) is 11.4. The van der Waals surface area contributed by atoms with E-state index in [2.05, 4.69) is 39.0 Å². The third-order valence-electron chi connectivity index (χ3n) is 2.73. The SMILES string of the molecule is CC(=O)CCc1ccc(C)c(C(C)C)c1. The van der Waals surface area contributed by atoms with Gasteiger partial charge in [0.2, 0.25) is 0 Å². The molecule has 0 atom stereocenters. The summed E-state index contributed by atoms with van der Waals surface area (Å²) in [4.78, 5) is 10.9. The van der Waals surface area contributed by atoms with Gasteiger partial charge in [-0.3, -0.25) is 0 Å². The number of carbonyl (C=O) groups is 1. The Balaban J connectivity index is 2.83. The van der Waals surface area contributed by atoms with Gasteiger partial charge >= 0.3 is 0 Å². The van der Waals surface area contributed by atoms with Crippen molar-refractivity contribution < 1.29 is 4.79 Å². The number of aryl methyl sites for hydroxylation is 2. The highest BCUT2D eigenvalue weighted by Crippen LogP contribution is 2.21. The van der Waals surface area contributed by atoms with E-state index < -0.39 is 0 Å². The molecule has 0 fully saturated rings. The van der Waals surface area contributed by atoms with Gasteiger partial charge in [-0.25, -0.2) is 0 Å². The first kappa shape index (κ1) is 12.0. The van der Waals surface area contributed by atoms with Crippen molar-refractivity contribution in [3.05, 3.63) is 34.9 Å². The number of rotatable bonds is 4. The molecule has 0 radical (unpaired) electrons. The number of hydrogen-bond donors (Lipinski definition) is 0. The number of benzene rings is 1. The van der Waals surface area contributed by atoms with Gasteiger partial charge in [0.15, 0.2) is 0 Å². The molecule has 0 saturated heterocycles. The molecule has 0 spiro atoms. The third kappa shape index (κ3) is 3.50. The smallest absolute Gasteiger partial charge is 0.130 e. The number of hydrogen-bond acceptors (Lipinski definition) is 1. The summed E-state index contributed by atoms with van der Waals surface area (Å²) in [6, 6.07) is 6.53. The molecular formula is C14H20O. The first-order valence-corrected chi connectivity index (χ1v) is 5.59. The van der Waals surface area contributed by atoms with Gasteiger partial charge < -0.3 is 4.79 Å². The number of Topliss-reactive ketones (excluding diaryl/α,β-unsaturated/α-hetero) is 1. The molecule has 0 N–H and O–H groups in total. The van der Waals surface area contributed by atoms with Crippen LogP contribution >= 0.6 is 0 Å². The Kier molecular flexibility index (Phi) is 4.07. The highest BCUT2D eigenvalue weighted by atomic mass is 16.1. The van der Waals surface area contributed by atoms with Crippen LogP contribution in [0.1, 0.15) is 49.8 Å². The quantitative estimate of drug-likeness (QED) is 0.731. The van der Waals surface area contributed by atoms with E-state index in [9.17, 15) is 4.79 Å². The topological polar surface area (TPSA) is 17.1 Å². The molecule has 0 heterocycles. The van der Waals surface area contributed by atoms with E-state index in [0.717, 1.165) is 6.42 Å². The Morgan fingerprint density at radius 2 is 2.00 bits per heavy atom. The maximum absolute atomic E-state index is 10.9. The van der Waals surface area contributed by atoms with Crippen LogP contribution in [0.15, 0.2) is 18.2 Å². The van der Waals surface area contributed by atoms with Gasteiger partial charge in [0.25, 0.3) is 0 Å². The highest BCUT2D eigenvalue weighted by molar-refractivity contribution is 5.75. The van der Waals surface area contributed by atoms with Crippen LogP contribution in [0.2, 0.25) is 0 Å². The molecule has 0 aliphatic rings. The Bertz CT molecular complexity index is 350. The van der Waals surface area contributed by atoms with Gasteiger partial charge in [0.05, 0.1) is 0 Å². The fourth-order valence-electron chi connectivity index (χ4n) is 1.79. The summed E-state index contributed by atoms with van der Waals surface area (Å²) in [6.07, 6.45) is 1.52. The van der Waals surface area contributed by atoms with E-state index in [4.69, 9.17) is 0 Å². The summed E-state index contributed by atoms with van der Waals surface area (Å²) in [6.45, 7) is 8.20. The van der Waals surface area contributed by atoms with Crippen LogP contribution in [0.3, 0.4) is 0 Å². The van der Waals surface area contributed by atoms with Crippen molar-refractivity contribution in [2.45, 2.75) is 46.5 Å². The molecule has 1 aromatic rings. The maximum atomic E-state index is 10.9. The van der Waals surface area contributed by atoms with Crippen LogP contribution in [0.25, 0.3) is 0 Å². The number of carbonyl (C=O) groups excluding carboxylic acids is 1. The lowest BCUT2D eigenvalue weighted by molar-refractivity contribution is -0.116. The molecule has 0 amide bonds. The molecule has 15 heavy (non-hydrogen) atoms. The van der Waals surface area contributed by atoms with Crippen LogP contribution < -0.4 is 0 Å². The van der Waals surface area contributed by atoms with Gasteiger partial charge in [0.1, 0.15) is 5.78 Å². The van der Waals surface area contributed by atoms with E-state index in [1.54, 1.807) is 6.92 Å². The van der Waals surface area contributed by atoms with Gasteiger partial charge in [-0.05, 0) is 42.9 Å². The predicted octanol–water partition coefficient (Wildman–Crippen LogP) is 3.64. The summed E-state index contributed by atoms with van der Waals surface area (Å²) in [5, 5.41) is 0. The normalized spacial score (nSPS) is 10.7. The minimum absolute atomic E-state index is 0.265. The van der Waals surface area contributed by atoms with Crippen molar-refractivity contribution in [1.29, 1.82) is 0 Å². The minimum atomic E-state index is 0.265. The molecule has 0 saturated carbocycles. The van der Waals surface area contributed by atoms with Gasteiger partial charge in [-0.2, -0.15) is 0 Å². The molecule has 82 valence electrons. The summed E-state index contributed by atoms with van der Waals surface area (Å²) in [5.41, 5.74) is 4.02. The lowest BCUT2D eigenvalue weighted by atomic mass is 9.94. The Morgan fingerprint density at radius 3 is 2.53 bits per heavy atom. The summed E-state index contributed by atoms with van der Waals surface area (Å²) in [7, 11) is 0. The molecule has 0 bridgehead atoms. The van der Waals surface area contributed by atoms with Crippen LogP contribution in [-0.2, 0) is 11.2 Å². The molecule has 0 unspecified atom stereocenters. The monoisotopic (exact) mass is 204 g/mol. The minimum Gasteiger partial charge on any atom is -0.300 e. The van der Waals surface area contributed by atoms with Crippen LogP contribution in [-0.4, -0.2) is 5.78 Å². The molecule has 0 aliphatic carbocycles. The van der Waals surface area contributed by atoms with E-state index in [-0.39, 0.29) is 5.78 Å². The van der Waals surface area contributed by atoms with Gasteiger partial charge in [-0.15, -0.1) is 0 Å². The zero-order valence-corrected chi connectivity index (χ0v) is 10.1. The summed E-state index contributed by atoms with van der Waals surface area (Å²) in [5.74, 6) is 0.823. The second-order valence-electron chi connectivity index (χ2n) is 4.55. The Morgan fingerprint density at radius 1 is 1.33 bits per heavy atom. The average molecular weight is 204 g/mol. The zero-order valence-electron chi connectivity index (χ0n) is 10.1. The van der Waals surface area contributed by atoms with Crippen molar-refractivity contribution in [2.75, 3.05) is 0 Å². The van der Waals surface area contributed by atoms with Crippen LogP contribution in [0.4, 0.5) is 0 Å². The standard InChI is InChI=1S/C14H20O/c1-10(2)14-9-13(7-5-11(14)3)8-6-12(4)15/h5,7,9-10H,6,8H2,1-4H3. The van der Waals surface area contributed by atoms with E-state index in [0.29, 0.717) is 12.3 Å². The van der Waals surface area contributed by atoms with Crippen LogP contribution in [0.5, 0.6) is 0 Å². The lowest BCUT2D eigenvalue weighted by Crippen LogP contribution is -1.97. The van der Waals surface area contributed by atoms with Gasteiger partial charge in [-0.1, -0.05) is 32.0 Å². The van der Waals surface area contributed by atoms with Crippen molar-refractivity contribution in [3.8, 4) is 0 Å². The summed E-state index contributed by atoms with van der Waals surface area (Å²) < 4.78 is 0. The molecule has 0 aliphatic heterocycles. The van der Waals surface area contributed by atoms with E-state index in [1.807, 2.05) is 0 Å². The predicted molar refractivity (Wildman–Crippen MR) is 64.3 cm³/mol. The second-order valence-corrected chi connectivity index (χ2v) is 4.55. The largest absolute Gasteiger partial charge is 0.300 e. The second kappa shape index (κ2) is 5.11. The average Bonchev–Trinajstić information content (AvgIpc) is 2.16. The molecule has 1 heteroatoms. The fourth-order valence-corrected chi connectivity index (χ4v) is 1.79. The van der Waals surface area contributed by atoms with Crippen molar-refractivity contribution >= 4 is 5.78 Å². The molecule has 1 nitrogen and oxygen atoms in total. The molecule has 1 aromatic carbocycles. The van der Waals surface area contributed by atoms with E-state index in [1.165, 1.54) is 16.7 Å². The summed E-state index contributed by atoms with van der Waals surface area (Å²) >= 11 is 0.